The van der Waals surface area contributed by atoms with Gasteiger partial charge in [0.05, 0.1) is 96.4 Å². The van der Waals surface area contributed by atoms with Crippen molar-refractivity contribution in [3.8, 4) is 28.7 Å². The summed E-state index contributed by atoms with van der Waals surface area (Å²) in [6, 6.07) is 68.1. The zero-order chi connectivity index (χ0) is 105. The predicted octanol–water partition coefficient (Wildman–Crippen LogP) is 19.8. The van der Waals surface area contributed by atoms with E-state index in [4.69, 9.17) is 23.7 Å². The number of phenols is 5. The molecule has 10 heterocycles. The first kappa shape index (κ1) is 108. The number of likely N-dealkylation sites (tertiary alicyclic amines) is 3. The maximum Gasteiger partial charge on any atom is 0.310 e. The topological polar surface area (TPSA) is 320 Å². The average molecular weight is 2020 g/mol. The Balaban J connectivity index is 0.000000133. The number of rotatable bonds is 28. The first-order valence-corrected chi connectivity index (χ1v) is 52.6. The number of pyridine rings is 5. The third-order valence-corrected chi connectivity index (χ3v) is 29.3. The summed E-state index contributed by atoms with van der Waals surface area (Å²) in [5, 5.41) is 65.7. The molecule has 0 bridgehead atoms. The van der Waals surface area contributed by atoms with Crippen LogP contribution in [0.3, 0.4) is 0 Å². The molecule has 0 aliphatic carbocycles. The first-order chi connectivity index (χ1) is 73.2. The number of likely N-dealkylation sites (N-methyl/N-ethyl adjacent to an activating group) is 2. The van der Waals surface area contributed by atoms with Gasteiger partial charge in [-0.25, -0.2) is 0 Å². The standard InChI is InChI=1S/C25H29N3O3.2C25H28N2O3.C24H27N3O3.C24H26N2O3/c1-3-31-22(29)17-20-16-19-6-4-5-7-21(19)25(30)23(20)24(18-8-10-26-11-9-18)28-14-12-27(2)13-15-28;2*1-2-30-22(28)17-20-16-19-8-4-5-9-21(19)25(29)23(20)24(18-10-12-26-13-11-18)27-14-6-3-7-15-27;1-26-11-13-27(14-12-26)23(17-7-9-25-10-8-17)22-19(16-21(28)30-2)15-18-5-3-4-6-20(18)24(22)29;1-29-21(27)16-19-15-18-7-3-4-8-20(18)24(28)22(19)23(17-9-11-25-12-10-17)26-13-5-2-6-14-26/h4-11,16,24,30H,3,12-15,17H2,1-2H3;2*4-5,8-13,16,24,29H,2-3,6-7,14-15,17H2,1H3;3-10,15,23,29H,11-14,16H2,1-2H3;3-4,7-12,15,23,28H,2,5-6,13-14,16H2,1H3. The summed E-state index contributed by atoms with van der Waals surface area (Å²) < 4.78 is 25.6. The molecule has 5 saturated heterocycles. The van der Waals surface area contributed by atoms with Crippen molar-refractivity contribution in [2.75, 3.05) is 140 Å². The highest BCUT2D eigenvalue weighted by atomic mass is 16.5. The number of hydrogen-bond donors (Lipinski definition) is 5. The van der Waals surface area contributed by atoms with Crippen molar-refractivity contribution in [2.45, 2.75) is 141 Å². The summed E-state index contributed by atoms with van der Waals surface area (Å²) in [5.41, 5.74) is 13.3. The van der Waals surface area contributed by atoms with Gasteiger partial charge in [-0.15, -0.1) is 0 Å². The average Bonchev–Trinajstić information content (AvgIpc) is 0.787. The maximum absolute atomic E-state index is 12.5. The fraction of sp³-hybridized carbons (Fsp3) is 0.350. The Kier molecular flexibility index (Phi) is 38.1. The van der Waals surface area contributed by atoms with Gasteiger partial charge >= 0.3 is 29.8 Å². The van der Waals surface area contributed by atoms with Gasteiger partial charge in [-0.2, -0.15) is 0 Å². The van der Waals surface area contributed by atoms with Crippen molar-refractivity contribution in [3.63, 3.8) is 0 Å². The molecule has 5 N–H and O–H groups in total. The molecule has 15 aromatic rings. The molecule has 5 atom stereocenters. The number of nitrogens with zero attached hydrogens (tertiary/aromatic N) is 12. The molecule has 10 aromatic carbocycles. The summed E-state index contributed by atoms with van der Waals surface area (Å²) in [4.78, 5) is 99.2. The van der Waals surface area contributed by atoms with E-state index in [-0.39, 0.29) is 121 Å². The van der Waals surface area contributed by atoms with Gasteiger partial charge < -0.3 is 59.0 Å². The van der Waals surface area contributed by atoms with Crippen molar-refractivity contribution >= 4 is 83.7 Å². The van der Waals surface area contributed by atoms with Crippen LogP contribution in [0.1, 0.15) is 192 Å². The van der Waals surface area contributed by atoms with E-state index in [2.05, 4.69) is 73.3 Å². The van der Waals surface area contributed by atoms with Gasteiger partial charge in [-0.05, 0) is 286 Å². The number of methoxy groups -OCH3 is 2. The van der Waals surface area contributed by atoms with Crippen LogP contribution < -0.4 is 0 Å². The molecule has 20 rings (SSSR count). The summed E-state index contributed by atoms with van der Waals surface area (Å²) in [6.45, 7) is 19.4. The number of aromatic hydroxyl groups is 5. The Morgan fingerprint density at radius 2 is 0.433 bits per heavy atom. The minimum absolute atomic E-state index is 0.111. The van der Waals surface area contributed by atoms with E-state index in [0.29, 0.717) is 19.8 Å². The minimum Gasteiger partial charge on any atom is -0.507 e. The SMILES string of the molecule is CCOC(=O)Cc1cc2ccccc2c(O)c1C(c1ccncc1)N1CCCCC1.CCOC(=O)Cc1cc2ccccc2c(O)c1C(c1ccncc1)N1CCCCC1.CCOC(=O)Cc1cc2ccccc2c(O)c1C(c1ccncc1)N1CCN(C)CC1.COC(=O)Cc1cc2ccccc2c(O)c1C(c1ccncc1)N1CCCCC1.COC(=O)Cc1cc2ccccc2c(O)c1C(c1ccncc1)N1CCN(C)CC1. The van der Waals surface area contributed by atoms with E-state index in [1.165, 1.54) is 33.5 Å². The number of piperidine rings is 3. The molecule has 5 aromatic heterocycles. The smallest absolute Gasteiger partial charge is 0.310 e. The lowest BCUT2D eigenvalue weighted by Crippen LogP contribution is -2.46. The first-order valence-electron chi connectivity index (χ1n) is 52.6. The highest BCUT2D eigenvalue weighted by Crippen LogP contribution is 2.50. The second kappa shape index (κ2) is 53.0. The fourth-order valence-electron chi connectivity index (χ4n) is 22.0. The van der Waals surface area contributed by atoms with Gasteiger partial charge in [0.15, 0.2) is 0 Å². The van der Waals surface area contributed by atoms with Gasteiger partial charge in [-0.3, -0.25) is 73.4 Å². The third kappa shape index (κ3) is 26.4. The zero-order valence-electron chi connectivity index (χ0n) is 87.0. The number of carbonyl (C=O) groups excluding carboxylic acids is 5. The molecule has 5 aliphatic rings. The van der Waals surface area contributed by atoms with Crippen LogP contribution in [0.2, 0.25) is 0 Å². The lowest BCUT2D eigenvalue weighted by molar-refractivity contribution is -0.143. The Morgan fingerprint density at radius 3 is 0.620 bits per heavy atom. The number of hydrogen-bond acceptors (Lipinski definition) is 27. The highest BCUT2D eigenvalue weighted by molar-refractivity contribution is 5.97. The molecular formula is C123H138N12O15. The van der Waals surface area contributed by atoms with Crippen LogP contribution in [0.4, 0.5) is 0 Å². The molecule has 5 fully saturated rings. The minimum atomic E-state index is -0.321. The molecule has 0 radical (unpaired) electrons. The van der Waals surface area contributed by atoms with Crippen molar-refractivity contribution < 1.29 is 73.2 Å². The molecule has 27 heteroatoms. The van der Waals surface area contributed by atoms with Gasteiger partial charge in [0.2, 0.25) is 0 Å². The van der Waals surface area contributed by atoms with Crippen LogP contribution in [0.5, 0.6) is 28.7 Å². The summed E-state index contributed by atoms with van der Waals surface area (Å²) >= 11 is 0. The molecule has 0 saturated carbocycles. The summed E-state index contributed by atoms with van der Waals surface area (Å²) in [6.07, 6.45) is 28.9. The molecule has 5 unspecified atom stereocenters. The monoisotopic (exact) mass is 2020 g/mol. The number of phenolic OH excluding ortho intramolecular Hbond substituents is 5. The maximum atomic E-state index is 12.5. The van der Waals surface area contributed by atoms with E-state index in [0.717, 1.165) is 267 Å². The molecule has 780 valence electrons. The highest BCUT2D eigenvalue weighted by Gasteiger charge is 2.38. The Hall–Kier alpha value is -14.7. The molecule has 5 aliphatic heterocycles. The normalized spacial score (nSPS) is 16.0. The second-order valence-electron chi connectivity index (χ2n) is 38.9. The Morgan fingerprint density at radius 1 is 0.253 bits per heavy atom. The Labute approximate surface area is 878 Å². The third-order valence-electron chi connectivity index (χ3n) is 29.3. The van der Waals surface area contributed by atoms with E-state index in [1.807, 2.05) is 226 Å². The summed E-state index contributed by atoms with van der Waals surface area (Å²) in [5.74, 6) is -0.267. The fourth-order valence-corrected chi connectivity index (χ4v) is 22.0. The Bertz CT molecular complexity index is 6880. The van der Waals surface area contributed by atoms with Crippen molar-refractivity contribution in [3.05, 3.63) is 358 Å². The quantitative estimate of drug-likeness (QED) is 0.0225. The second-order valence-corrected chi connectivity index (χ2v) is 38.9. The van der Waals surface area contributed by atoms with Gasteiger partial charge in [0, 0.05) is 169 Å². The van der Waals surface area contributed by atoms with E-state index >= 15 is 0 Å². The summed E-state index contributed by atoms with van der Waals surface area (Å²) in [7, 11) is 7.03. The van der Waals surface area contributed by atoms with Crippen LogP contribution >= 0.6 is 0 Å². The predicted molar refractivity (Wildman–Crippen MR) is 585 cm³/mol. The molecule has 27 nitrogen and oxygen atoms in total. The van der Waals surface area contributed by atoms with Crippen molar-refractivity contribution in [1.82, 2.24) is 59.2 Å². The zero-order valence-corrected chi connectivity index (χ0v) is 87.0. The number of ether oxygens (including phenoxy) is 5. The number of benzene rings is 10. The van der Waals surface area contributed by atoms with E-state index in [9.17, 15) is 49.5 Å². The van der Waals surface area contributed by atoms with E-state index in [1.54, 1.807) is 68.9 Å². The number of fused-ring (bicyclic) bond motifs is 5. The van der Waals surface area contributed by atoms with Gasteiger partial charge in [-0.1, -0.05) is 141 Å². The van der Waals surface area contributed by atoms with Gasteiger partial charge in [0.25, 0.3) is 0 Å². The van der Waals surface area contributed by atoms with Crippen LogP contribution in [0.15, 0.2) is 274 Å². The van der Waals surface area contributed by atoms with Crippen molar-refractivity contribution in [2.24, 2.45) is 0 Å². The lowest BCUT2D eigenvalue weighted by atomic mass is 9.87. The van der Waals surface area contributed by atoms with Crippen LogP contribution in [-0.4, -0.2) is 254 Å². The number of aromatic nitrogens is 5. The lowest BCUT2D eigenvalue weighted by Gasteiger charge is -2.39. The van der Waals surface area contributed by atoms with Crippen LogP contribution in [-0.2, 0) is 79.8 Å². The number of piperazine rings is 2. The van der Waals surface area contributed by atoms with Gasteiger partial charge in [0.1, 0.15) is 28.7 Å². The molecule has 0 amide bonds. The van der Waals surface area contributed by atoms with E-state index < -0.39 is 0 Å². The molecule has 150 heavy (non-hydrogen) atoms. The van der Waals surface area contributed by atoms with Crippen molar-refractivity contribution in [1.29, 1.82) is 0 Å². The van der Waals surface area contributed by atoms with Crippen LogP contribution in [0, 0.1) is 0 Å². The largest absolute Gasteiger partial charge is 0.507 e. The number of esters is 5. The molecular weight excluding hydrogens is 1890 g/mol. The number of carbonyl (C=O) groups is 5. The van der Waals surface area contributed by atoms with Crippen LogP contribution in [0.25, 0.3) is 53.9 Å². The molecule has 0 spiro atoms.